The van der Waals surface area contributed by atoms with Crippen molar-refractivity contribution in [1.82, 2.24) is 35.4 Å². The molecule has 0 radical (unpaired) electrons. The molecule has 0 atom stereocenters. The first-order chi connectivity index (χ1) is 17.6. The summed E-state index contributed by atoms with van der Waals surface area (Å²) in [6.07, 6.45) is 3.30. The molecule has 0 aliphatic rings. The van der Waals surface area contributed by atoms with Crippen molar-refractivity contribution in [3.8, 4) is 39.9 Å². The maximum atomic E-state index is 14.6. The molecule has 2 aromatic carbocycles. The van der Waals surface area contributed by atoms with Gasteiger partial charge in [0, 0.05) is 36.6 Å². The van der Waals surface area contributed by atoms with E-state index in [9.17, 15) is 9.18 Å². The third-order valence-electron chi connectivity index (χ3n) is 5.39. The minimum Gasteiger partial charge on any atom is -0.481 e. The SMILES string of the molecule is O=C(O)CCNCc1ccc(-c2noc(-c3nnn(-c4ccccc4F)c3-c3ccncc3)n2)cc1. The second-order valence-electron chi connectivity index (χ2n) is 7.83. The van der Waals surface area contributed by atoms with Gasteiger partial charge < -0.3 is 14.9 Å². The highest BCUT2D eigenvalue weighted by atomic mass is 19.1. The van der Waals surface area contributed by atoms with Crippen molar-refractivity contribution in [3.05, 3.63) is 84.4 Å². The van der Waals surface area contributed by atoms with Gasteiger partial charge in [0.05, 0.1) is 6.42 Å². The van der Waals surface area contributed by atoms with E-state index in [1.807, 2.05) is 24.3 Å². The topological polar surface area (TPSA) is 132 Å². The molecular weight excluding hydrogens is 465 g/mol. The minimum atomic E-state index is -0.841. The van der Waals surface area contributed by atoms with Gasteiger partial charge in [-0.15, -0.1) is 5.10 Å². The van der Waals surface area contributed by atoms with Crippen LogP contribution in [0.15, 0.2) is 77.6 Å². The van der Waals surface area contributed by atoms with E-state index in [4.69, 9.17) is 9.63 Å². The summed E-state index contributed by atoms with van der Waals surface area (Å²) in [5, 5.41) is 24.3. The first-order valence-corrected chi connectivity index (χ1v) is 11.1. The Kier molecular flexibility index (Phi) is 6.54. The number of nitrogens with zero attached hydrogens (tertiary/aromatic N) is 6. The maximum absolute atomic E-state index is 14.6. The first-order valence-electron chi connectivity index (χ1n) is 11.1. The van der Waals surface area contributed by atoms with Crippen LogP contribution in [0, 0.1) is 5.82 Å². The zero-order valence-electron chi connectivity index (χ0n) is 18.9. The molecule has 36 heavy (non-hydrogen) atoms. The Bertz CT molecular complexity index is 1480. The second-order valence-corrected chi connectivity index (χ2v) is 7.83. The van der Waals surface area contributed by atoms with Crippen LogP contribution in [0.5, 0.6) is 0 Å². The van der Waals surface area contributed by atoms with E-state index in [-0.39, 0.29) is 18.0 Å². The quantitative estimate of drug-likeness (QED) is 0.300. The first kappa shape index (κ1) is 23.0. The van der Waals surface area contributed by atoms with Gasteiger partial charge in [0.25, 0.3) is 5.89 Å². The van der Waals surface area contributed by atoms with Gasteiger partial charge >= 0.3 is 5.97 Å². The summed E-state index contributed by atoms with van der Waals surface area (Å²) >= 11 is 0. The number of rotatable bonds is 9. The molecule has 0 spiro atoms. The summed E-state index contributed by atoms with van der Waals surface area (Å²) in [4.78, 5) is 19.2. The van der Waals surface area contributed by atoms with E-state index < -0.39 is 11.8 Å². The predicted octanol–water partition coefficient (Wildman–Crippen LogP) is 3.75. The summed E-state index contributed by atoms with van der Waals surface area (Å²) in [5.74, 6) is -0.796. The lowest BCUT2D eigenvalue weighted by Gasteiger charge is -2.08. The van der Waals surface area contributed by atoms with Crippen molar-refractivity contribution in [1.29, 1.82) is 0 Å². The largest absolute Gasteiger partial charge is 0.481 e. The van der Waals surface area contributed by atoms with E-state index >= 15 is 0 Å². The predicted molar refractivity (Wildman–Crippen MR) is 127 cm³/mol. The highest BCUT2D eigenvalue weighted by Crippen LogP contribution is 2.32. The fourth-order valence-electron chi connectivity index (χ4n) is 3.62. The van der Waals surface area contributed by atoms with Crippen molar-refractivity contribution in [2.75, 3.05) is 6.54 Å². The van der Waals surface area contributed by atoms with E-state index in [1.54, 1.807) is 42.7 Å². The zero-order chi connectivity index (χ0) is 24.9. The molecule has 5 rings (SSSR count). The molecule has 0 saturated heterocycles. The van der Waals surface area contributed by atoms with Gasteiger partial charge in [-0.1, -0.05) is 46.8 Å². The van der Waals surface area contributed by atoms with Crippen molar-refractivity contribution in [2.24, 2.45) is 0 Å². The van der Waals surface area contributed by atoms with Crippen LogP contribution in [0.25, 0.3) is 39.9 Å². The normalized spacial score (nSPS) is 11.0. The van der Waals surface area contributed by atoms with Crippen molar-refractivity contribution in [3.63, 3.8) is 0 Å². The Morgan fingerprint density at radius 2 is 1.81 bits per heavy atom. The number of para-hydroxylation sites is 1. The molecule has 3 aromatic heterocycles. The number of nitrogens with one attached hydrogen (secondary N) is 1. The van der Waals surface area contributed by atoms with Crippen molar-refractivity contribution >= 4 is 5.97 Å². The van der Waals surface area contributed by atoms with Crippen LogP contribution >= 0.6 is 0 Å². The van der Waals surface area contributed by atoms with Crippen molar-refractivity contribution in [2.45, 2.75) is 13.0 Å². The van der Waals surface area contributed by atoms with E-state index in [0.29, 0.717) is 35.9 Å². The molecule has 0 amide bonds. The van der Waals surface area contributed by atoms with Gasteiger partial charge in [0.15, 0.2) is 5.69 Å². The van der Waals surface area contributed by atoms with Crippen LogP contribution in [0.2, 0.25) is 0 Å². The molecule has 0 unspecified atom stereocenters. The maximum Gasteiger partial charge on any atom is 0.304 e. The summed E-state index contributed by atoms with van der Waals surface area (Å²) in [7, 11) is 0. The molecule has 0 bridgehead atoms. The Labute approximate surface area is 204 Å². The lowest BCUT2D eigenvalue weighted by Crippen LogP contribution is -2.17. The average Bonchev–Trinajstić information content (AvgIpc) is 3.55. The fraction of sp³-hybridized carbons (Fsp3) is 0.120. The number of carboxylic acids is 1. The van der Waals surface area contributed by atoms with Crippen LogP contribution in [-0.4, -0.2) is 47.7 Å². The number of aromatic nitrogens is 6. The van der Waals surface area contributed by atoms with Gasteiger partial charge in [-0.25, -0.2) is 9.07 Å². The molecular formula is C25H20FN7O3. The number of hydrogen-bond acceptors (Lipinski definition) is 8. The minimum absolute atomic E-state index is 0.0622. The highest BCUT2D eigenvalue weighted by Gasteiger charge is 2.24. The number of carbonyl (C=O) groups is 1. The molecule has 0 aliphatic carbocycles. The van der Waals surface area contributed by atoms with Crippen LogP contribution in [-0.2, 0) is 11.3 Å². The third-order valence-corrected chi connectivity index (χ3v) is 5.39. The van der Waals surface area contributed by atoms with E-state index in [1.165, 1.54) is 10.7 Å². The van der Waals surface area contributed by atoms with Gasteiger partial charge in [-0.3, -0.25) is 9.78 Å². The number of benzene rings is 2. The lowest BCUT2D eigenvalue weighted by atomic mass is 10.1. The van der Waals surface area contributed by atoms with Gasteiger partial charge in [-0.2, -0.15) is 4.98 Å². The summed E-state index contributed by atoms with van der Waals surface area (Å²) < 4.78 is 21.5. The Balaban J connectivity index is 1.44. The molecule has 5 aromatic rings. The number of aliphatic carboxylic acids is 1. The van der Waals surface area contributed by atoms with Gasteiger partial charge in [0.1, 0.15) is 17.2 Å². The van der Waals surface area contributed by atoms with E-state index in [2.05, 4.69) is 30.8 Å². The Morgan fingerprint density at radius 1 is 1.03 bits per heavy atom. The van der Waals surface area contributed by atoms with Crippen LogP contribution in [0.1, 0.15) is 12.0 Å². The summed E-state index contributed by atoms with van der Waals surface area (Å²) in [5.41, 5.74) is 3.44. The fourth-order valence-corrected chi connectivity index (χ4v) is 3.62. The monoisotopic (exact) mass is 485 g/mol. The van der Waals surface area contributed by atoms with Crippen molar-refractivity contribution < 1.29 is 18.8 Å². The third kappa shape index (κ3) is 4.86. The smallest absolute Gasteiger partial charge is 0.304 e. The van der Waals surface area contributed by atoms with Crippen LogP contribution in [0.4, 0.5) is 4.39 Å². The molecule has 3 heterocycles. The molecule has 0 fully saturated rings. The zero-order valence-corrected chi connectivity index (χ0v) is 18.9. The second kappa shape index (κ2) is 10.2. The molecule has 2 N–H and O–H groups in total. The summed E-state index contributed by atoms with van der Waals surface area (Å²) in [6.45, 7) is 0.929. The Hall–Kier alpha value is -4.77. The average molecular weight is 485 g/mol. The molecule has 180 valence electrons. The van der Waals surface area contributed by atoms with Crippen LogP contribution < -0.4 is 5.32 Å². The van der Waals surface area contributed by atoms with E-state index in [0.717, 1.165) is 11.1 Å². The Morgan fingerprint density at radius 3 is 2.56 bits per heavy atom. The number of hydrogen-bond donors (Lipinski definition) is 2. The standard InChI is InChI=1S/C25H20FN7O3/c26-19-3-1-2-4-20(19)33-23(17-9-12-27-13-10-17)22(30-32-33)25-29-24(31-36-25)18-7-5-16(6-8-18)15-28-14-11-21(34)35/h1-10,12-13,28H,11,14-15H2,(H,34,35). The van der Waals surface area contributed by atoms with Gasteiger partial charge in [0.2, 0.25) is 5.82 Å². The number of carboxylic acid groups (broad SMARTS) is 1. The molecule has 0 aliphatic heterocycles. The summed E-state index contributed by atoms with van der Waals surface area (Å²) in [6, 6.07) is 17.3. The molecule has 11 heteroatoms. The molecule has 10 nitrogen and oxygen atoms in total. The van der Waals surface area contributed by atoms with Gasteiger partial charge in [-0.05, 0) is 29.8 Å². The van der Waals surface area contributed by atoms with Crippen LogP contribution in [0.3, 0.4) is 0 Å². The molecule has 0 saturated carbocycles. The highest BCUT2D eigenvalue weighted by molar-refractivity contribution is 5.76. The lowest BCUT2D eigenvalue weighted by molar-refractivity contribution is -0.136. The number of pyridine rings is 1. The number of halogens is 1.